The van der Waals surface area contributed by atoms with Gasteiger partial charge in [-0.2, -0.15) is 0 Å². The molecule has 1 aromatic rings. The van der Waals surface area contributed by atoms with E-state index in [4.69, 9.17) is 9.47 Å². The Hall–Kier alpha value is -0.970. The molecule has 0 bridgehead atoms. The van der Waals surface area contributed by atoms with Gasteiger partial charge in [0.05, 0.1) is 0 Å². The molecule has 16 heavy (non-hydrogen) atoms. The summed E-state index contributed by atoms with van der Waals surface area (Å²) in [6.07, 6.45) is 3.43. The van der Waals surface area contributed by atoms with E-state index < -0.39 is 0 Å². The van der Waals surface area contributed by atoms with Gasteiger partial charge in [-0.05, 0) is 31.5 Å². The first kappa shape index (κ1) is 13.1. The fourth-order valence-corrected chi connectivity index (χ4v) is 1.37. The molecule has 0 unspecified atom stereocenters. The minimum Gasteiger partial charge on any atom is -0.352 e. The van der Waals surface area contributed by atoms with Crippen LogP contribution in [0.4, 0.5) is 0 Å². The van der Waals surface area contributed by atoms with E-state index in [-0.39, 0.29) is 6.29 Å². The molecule has 1 rings (SSSR count). The summed E-state index contributed by atoms with van der Waals surface area (Å²) in [4.78, 5) is 3.97. The lowest BCUT2D eigenvalue weighted by atomic mass is 10.3. The molecule has 0 radical (unpaired) electrons. The average molecular weight is 224 g/mol. The van der Waals surface area contributed by atoms with Crippen molar-refractivity contribution in [3.05, 3.63) is 30.1 Å². The third-order valence-electron chi connectivity index (χ3n) is 2.09. The van der Waals surface area contributed by atoms with Crippen molar-refractivity contribution >= 4 is 0 Å². The Morgan fingerprint density at radius 1 is 1.19 bits per heavy atom. The standard InChI is InChI=1S/C12H20N2O2/c1-3-15-12(16-4-2)10-14-9-11-5-7-13-8-6-11/h5-8,12,14H,3-4,9-10H2,1-2H3. The van der Waals surface area contributed by atoms with Gasteiger partial charge >= 0.3 is 0 Å². The molecular formula is C12H20N2O2. The molecule has 0 aliphatic heterocycles. The van der Waals surface area contributed by atoms with Crippen molar-refractivity contribution in [1.82, 2.24) is 10.3 Å². The van der Waals surface area contributed by atoms with Crippen LogP contribution >= 0.6 is 0 Å². The highest BCUT2D eigenvalue weighted by atomic mass is 16.7. The number of ether oxygens (including phenoxy) is 2. The molecule has 0 saturated heterocycles. The van der Waals surface area contributed by atoms with E-state index in [1.54, 1.807) is 12.4 Å². The molecule has 0 aromatic carbocycles. The van der Waals surface area contributed by atoms with Crippen LogP contribution < -0.4 is 5.32 Å². The molecule has 0 aliphatic carbocycles. The molecule has 1 heterocycles. The molecule has 4 nitrogen and oxygen atoms in total. The molecule has 0 spiro atoms. The van der Waals surface area contributed by atoms with E-state index in [0.29, 0.717) is 19.8 Å². The third-order valence-corrected chi connectivity index (χ3v) is 2.09. The molecule has 0 fully saturated rings. The molecule has 0 amide bonds. The summed E-state index contributed by atoms with van der Waals surface area (Å²) in [6, 6.07) is 3.98. The Bertz CT molecular complexity index is 261. The second-order valence-corrected chi connectivity index (χ2v) is 3.33. The smallest absolute Gasteiger partial charge is 0.169 e. The van der Waals surface area contributed by atoms with E-state index in [2.05, 4.69) is 10.3 Å². The van der Waals surface area contributed by atoms with Crippen LogP contribution in [0.3, 0.4) is 0 Å². The SMILES string of the molecule is CCOC(CNCc1ccncc1)OCC. The number of hydrogen-bond acceptors (Lipinski definition) is 4. The molecular weight excluding hydrogens is 204 g/mol. The second-order valence-electron chi connectivity index (χ2n) is 3.33. The van der Waals surface area contributed by atoms with Crippen molar-refractivity contribution in [1.29, 1.82) is 0 Å². The summed E-state index contributed by atoms with van der Waals surface area (Å²) in [5.41, 5.74) is 1.21. The van der Waals surface area contributed by atoms with Crippen molar-refractivity contribution in [3.63, 3.8) is 0 Å². The maximum Gasteiger partial charge on any atom is 0.169 e. The molecule has 1 N–H and O–H groups in total. The summed E-state index contributed by atoms with van der Waals surface area (Å²) in [5, 5.41) is 3.29. The summed E-state index contributed by atoms with van der Waals surface area (Å²) in [7, 11) is 0. The maximum atomic E-state index is 5.42. The number of rotatable bonds is 8. The highest BCUT2D eigenvalue weighted by molar-refractivity contribution is 5.08. The van der Waals surface area contributed by atoms with Crippen LogP contribution in [-0.4, -0.2) is 31.0 Å². The van der Waals surface area contributed by atoms with Crippen molar-refractivity contribution in [2.75, 3.05) is 19.8 Å². The van der Waals surface area contributed by atoms with Gasteiger partial charge in [0.25, 0.3) is 0 Å². The molecule has 0 aliphatic rings. The summed E-state index contributed by atoms with van der Waals surface area (Å²) in [5.74, 6) is 0. The number of aromatic nitrogens is 1. The predicted molar refractivity (Wildman–Crippen MR) is 63.0 cm³/mol. The maximum absolute atomic E-state index is 5.42. The highest BCUT2D eigenvalue weighted by Crippen LogP contribution is 1.97. The van der Waals surface area contributed by atoms with Gasteiger partial charge in [0.1, 0.15) is 0 Å². The van der Waals surface area contributed by atoms with E-state index in [1.807, 2.05) is 26.0 Å². The Morgan fingerprint density at radius 2 is 1.81 bits per heavy atom. The van der Waals surface area contributed by atoms with Crippen molar-refractivity contribution in [2.24, 2.45) is 0 Å². The fourth-order valence-electron chi connectivity index (χ4n) is 1.37. The number of hydrogen-bond donors (Lipinski definition) is 1. The first-order valence-electron chi connectivity index (χ1n) is 5.69. The quantitative estimate of drug-likeness (QED) is 0.681. The zero-order chi connectivity index (χ0) is 11.6. The zero-order valence-corrected chi connectivity index (χ0v) is 9.98. The zero-order valence-electron chi connectivity index (χ0n) is 9.98. The second kappa shape index (κ2) is 8.21. The predicted octanol–water partition coefficient (Wildman–Crippen LogP) is 1.57. The monoisotopic (exact) mass is 224 g/mol. The lowest BCUT2D eigenvalue weighted by Gasteiger charge is -2.17. The third kappa shape index (κ3) is 5.21. The van der Waals surface area contributed by atoms with Gasteiger partial charge in [-0.1, -0.05) is 0 Å². The molecule has 0 atom stereocenters. The minimum atomic E-state index is -0.156. The number of nitrogens with zero attached hydrogens (tertiary/aromatic N) is 1. The highest BCUT2D eigenvalue weighted by Gasteiger charge is 2.06. The molecule has 90 valence electrons. The lowest BCUT2D eigenvalue weighted by molar-refractivity contribution is -0.133. The number of nitrogens with one attached hydrogen (secondary N) is 1. The van der Waals surface area contributed by atoms with Crippen LogP contribution in [0.1, 0.15) is 19.4 Å². The van der Waals surface area contributed by atoms with E-state index in [0.717, 1.165) is 6.54 Å². The van der Waals surface area contributed by atoms with Crippen LogP contribution in [0.25, 0.3) is 0 Å². The van der Waals surface area contributed by atoms with Gasteiger partial charge in [-0.25, -0.2) is 0 Å². The van der Waals surface area contributed by atoms with Gasteiger partial charge in [0, 0.05) is 38.7 Å². The summed E-state index contributed by atoms with van der Waals surface area (Å²) < 4.78 is 10.8. The molecule has 0 saturated carbocycles. The summed E-state index contributed by atoms with van der Waals surface area (Å²) in [6.45, 7) is 6.77. The Labute approximate surface area is 97.0 Å². The average Bonchev–Trinajstić information content (AvgIpc) is 2.31. The largest absolute Gasteiger partial charge is 0.352 e. The van der Waals surface area contributed by atoms with E-state index in [9.17, 15) is 0 Å². The topological polar surface area (TPSA) is 43.4 Å². The lowest BCUT2D eigenvalue weighted by Crippen LogP contribution is -2.31. The fraction of sp³-hybridized carbons (Fsp3) is 0.583. The van der Waals surface area contributed by atoms with Gasteiger partial charge in [-0.3, -0.25) is 4.98 Å². The Morgan fingerprint density at radius 3 is 2.38 bits per heavy atom. The minimum absolute atomic E-state index is 0.156. The Balaban J connectivity index is 2.22. The molecule has 4 heteroatoms. The van der Waals surface area contributed by atoms with Crippen LogP contribution in [0.15, 0.2) is 24.5 Å². The van der Waals surface area contributed by atoms with Crippen LogP contribution in [-0.2, 0) is 16.0 Å². The van der Waals surface area contributed by atoms with E-state index >= 15 is 0 Å². The normalized spacial score (nSPS) is 10.9. The van der Waals surface area contributed by atoms with Crippen LogP contribution in [0.5, 0.6) is 0 Å². The van der Waals surface area contributed by atoms with Crippen LogP contribution in [0.2, 0.25) is 0 Å². The Kier molecular flexibility index (Phi) is 6.72. The van der Waals surface area contributed by atoms with Gasteiger partial charge in [0.15, 0.2) is 6.29 Å². The van der Waals surface area contributed by atoms with Gasteiger partial charge < -0.3 is 14.8 Å². The van der Waals surface area contributed by atoms with Crippen LogP contribution in [0, 0.1) is 0 Å². The first-order valence-corrected chi connectivity index (χ1v) is 5.69. The van der Waals surface area contributed by atoms with Crippen molar-refractivity contribution in [3.8, 4) is 0 Å². The van der Waals surface area contributed by atoms with Gasteiger partial charge in [0.2, 0.25) is 0 Å². The molecule has 1 aromatic heterocycles. The number of pyridine rings is 1. The van der Waals surface area contributed by atoms with E-state index in [1.165, 1.54) is 5.56 Å². The van der Waals surface area contributed by atoms with Crippen molar-refractivity contribution in [2.45, 2.75) is 26.7 Å². The van der Waals surface area contributed by atoms with Gasteiger partial charge in [-0.15, -0.1) is 0 Å². The first-order chi connectivity index (χ1) is 7.86. The summed E-state index contributed by atoms with van der Waals surface area (Å²) >= 11 is 0. The van der Waals surface area contributed by atoms with Crippen molar-refractivity contribution < 1.29 is 9.47 Å².